The Morgan fingerprint density at radius 2 is 1.90 bits per heavy atom. The monoisotopic (exact) mass is 277 g/mol. The van der Waals surface area contributed by atoms with E-state index in [2.05, 4.69) is 5.32 Å². The number of amides is 1. The average molecular weight is 277 g/mol. The van der Waals surface area contributed by atoms with Crippen molar-refractivity contribution >= 4 is 5.91 Å². The number of carbonyl (C=O) groups excluding carboxylic acids is 1. The SMILES string of the molecule is O=C(COCc1ccccc1)NC1(CO)CCCCC1. The molecule has 2 rings (SSSR count). The Morgan fingerprint density at radius 3 is 2.55 bits per heavy atom. The molecule has 0 aliphatic heterocycles. The normalized spacial score (nSPS) is 17.6. The van der Waals surface area contributed by atoms with E-state index < -0.39 is 5.54 Å². The molecule has 1 aliphatic rings. The summed E-state index contributed by atoms with van der Waals surface area (Å²) < 4.78 is 5.42. The maximum atomic E-state index is 11.9. The van der Waals surface area contributed by atoms with Gasteiger partial charge in [-0.15, -0.1) is 0 Å². The number of aliphatic hydroxyl groups is 1. The Hall–Kier alpha value is -1.39. The van der Waals surface area contributed by atoms with Gasteiger partial charge in [0, 0.05) is 0 Å². The number of nitrogens with one attached hydrogen (secondary N) is 1. The third-order valence-corrected chi connectivity index (χ3v) is 3.86. The summed E-state index contributed by atoms with van der Waals surface area (Å²) in [5, 5.41) is 12.5. The second-order valence-electron chi connectivity index (χ2n) is 5.53. The first-order valence-corrected chi connectivity index (χ1v) is 7.28. The Balaban J connectivity index is 1.74. The molecule has 1 aliphatic carbocycles. The molecule has 1 saturated carbocycles. The molecule has 2 N–H and O–H groups in total. The lowest BCUT2D eigenvalue weighted by Crippen LogP contribution is -2.53. The molecule has 0 bridgehead atoms. The topological polar surface area (TPSA) is 58.6 Å². The Morgan fingerprint density at radius 1 is 1.20 bits per heavy atom. The minimum atomic E-state index is -0.425. The van der Waals surface area contributed by atoms with Gasteiger partial charge in [-0.3, -0.25) is 4.79 Å². The van der Waals surface area contributed by atoms with Crippen molar-refractivity contribution in [1.82, 2.24) is 5.32 Å². The van der Waals surface area contributed by atoms with Crippen LogP contribution >= 0.6 is 0 Å². The lowest BCUT2D eigenvalue weighted by Gasteiger charge is -2.36. The molecule has 1 amide bonds. The van der Waals surface area contributed by atoms with Crippen molar-refractivity contribution < 1.29 is 14.6 Å². The van der Waals surface area contributed by atoms with Gasteiger partial charge in [0.1, 0.15) is 6.61 Å². The molecular weight excluding hydrogens is 254 g/mol. The van der Waals surface area contributed by atoms with E-state index in [1.807, 2.05) is 30.3 Å². The molecule has 0 spiro atoms. The van der Waals surface area contributed by atoms with Gasteiger partial charge in [0.2, 0.25) is 5.91 Å². The number of carbonyl (C=O) groups is 1. The summed E-state index contributed by atoms with van der Waals surface area (Å²) in [5.41, 5.74) is 0.626. The van der Waals surface area contributed by atoms with Crippen molar-refractivity contribution in [2.45, 2.75) is 44.2 Å². The predicted molar refractivity (Wildman–Crippen MR) is 77.1 cm³/mol. The van der Waals surface area contributed by atoms with Crippen LogP contribution in [0.2, 0.25) is 0 Å². The van der Waals surface area contributed by atoms with Gasteiger partial charge in [-0.2, -0.15) is 0 Å². The fraction of sp³-hybridized carbons (Fsp3) is 0.562. The summed E-state index contributed by atoms with van der Waals surface area (Å²) in [6.45, 7) is 0.481. The van der Waals surface area contributed by atoms with Crippen molar-refractivity contribution in [3.63, 3.8) is 0 Å². The molecule has 0 atom stereocenters. The van der Waals surface area contributed by atoms with Crippen molar-refractivity contribution in [3.8, 4) is 0 Å². The van der Waals surface area contributed by atoms with Crippen LogP contribution in [0.3, 0.4) is 0 Å². The van der Waals surface area contributed by atoms with E-state index in [0.29, 0.717) is 6.61 Å². The first kappa shape index (κ1) is 15.0. The summed E-state index contributed by atoms with van der Waals surface area (Å²) in [6, 6.07) is 9.77. The molecule has 1 fully saturated rings. The van der Waals surface area contributed by atoms with Gasteiger partial charge < -0.3 is 15.2 Å². The van der Waals surface area contributed by atoms with Crippen molar-refractivity contribution in [2.24, 2.45) is 0 Å². The summed E-state index contributed by atoms with van der Waals surface area (Å²) in [7, 11) is 0. The largest absolute Gasteiger partial charge is 0.394 e. The molecule has 4 nitrogen and oxygen atoms in total. The highest BCUT2D eigenvalue weighted by Gasteiger charge is 2.32. The fourth-order valence-electron chi connectivity index (χ4n) is 2.72. The van der Waals surface area contributed by atoms with Crippen molar-refractivity contribution in [2.75, 3.05) is 13.2 Å². The van der Waals surface area contributed by atoms with E-state index in [0.717, 1.165) is 31.2 Å². The molecule has 4 heteroatoms. The highest BCUT2D eigenvalue weighted by molar-refractivity contribution is 5.78. The van der Waals surface area contributed by atoms with Gasteiger partial charge in [0.15, 0.2) is 0 Å². The smallest absolute Gasteiger partial charge is 0.246 e. The van der Waals surface area contributed by atoms with Crippen LogP contribution in [-0.2, 0) is 16.1 Å². The number of hydrogen-bond donors (Lipinski definition) is 2. The van der Waals surface area contributed by atoms with Gasteiger partial charge in [-0.25, -0.2) is 0 Å². The molecule has 20 heavy (non-hydrogen) atoms. The minimum absolute atomic E-state index is 0.0113. The summed E-state index contributed by atoms with van der Waals surface area (Å²) in [4.78, 5) is 11.9. The average Bonchev–Trinajstić information content (AvgIpc) is 2.49. The molecule has 110 valence electrons. The van der Waals surface area contributed by atoms with Gasteiger partial charge >= 0.3 is 0 Å². The van der Waals surface area contributed by atoms with Gasteiger partial charge in [-0.05, 0) is 18.4 Å². The first-order valence-electron chi connectivity index (χ1n) is 7.28. The van der Waals surface area contributed by atoms with E-state index in [-0.39, 0.29) is 19.1 Å². The number of ether oxygens (including phenoxy) is 1. The summed E-state index contributed by atoms with van der Waals surface area (Å²) in [5.74, 6) is -0.142. The number of rotatable bonds is 6. The van der Waals surface area contributed by atoms with E-state index in [4.69, 9.17) is 4.74 Å². The maximum absolute atomic E-state index is 11.9. The standard InChI is InChI=1S/C16H23NO3/c18-13-16(9-5-2-6-10-16)17-15(19)12-20-11-14-7-3-1-4-8-14/h1,3-4,7-8,18H,2,5-6,9-13H2,(H,17,19). The summed E-state index contributed by atoms with van der Waals surface area (Å²) in [6.07, 6.45) is 5.02. The zero-order chi connectivity index (χ0) is 14.3. The zero-order valence-electron chi connectivity index (χ0n) is 11.8. The van der Waals surface area contributed by atoms with Crippen LogP contribution < -0.4 is 5.32 Å². The lowest BCUT2D eigenvalue weighted by atomic mass is 9.82. The molecule has 1 aromatic carbocycles. The van der Waals surface area contributed by atoms with Gasteiger partial charge in [-0.1, -0.05) is 49.6 Å². The van der Waals surface area contributed by atoms with Crippen LogP contribution in [0.15, 0.2) is 30.3 Å². The van der Waals surface area contributed by atoms with Crippen LogP contribution in [0.25, 0.3) is 0 Å². The fourth-order valence-corrected chi connectivity index (χ4v) is 2.72. The molecule has 0 radical (unpaired) electrons. The molecule has 0 heterocycles. The molecule has 0 unspecified atom stereocenters. The first-order chi connectivity index (χ1) is 9.74. The quantitative estimate of drug-likeness (QED) is 0.836. The van der Waals surface area contributed by atoms with Crippen LogP contribution in [-0.4, -0.2) is 29.8 Å². The third-order valence-electron chi connectivity index (χ3n) is 3.86. The second-order valence-corrected chi connectivity index (χ2v) is 5.53. The van der Waals surface area contributed by atoms with Gasteiger partial charge in [0.05, 0.1) is 18.8 Å². The predicted octanol–water partition coefficient (Wildman–Crippen LogP) is 2.01. The highest BCUT2D eigenvalue weighted by atomic mass is 16.5. The van der Waals surface area contributed by atoms with Crippen molar-refractivity contribution in [1.29, 1.82) is 0 Å². The number of hydrogen-bond acceptors (Lipinski definition) is 3. The Labute approximate surface area is 120 Å². The highest BCUT2D eigenvalue weighted by Crippen LogP contribution is 2.27. The van der Waals surface area contributed by atoms with Crippen LogP contribution in [0, 0.1) is 0 Å². The van der Waals surface area contributed by atoms with E-state index in [9.17, 15) is 9.90 Å². The minimum Gasteiger partial charge on any atom is -0.394 e. The Bertz CT molecular complexity index is 413. The maximum Gasteiger partial charge on any atom is 0.246 e. The molecule has 0 aromatic heterocycles. The number of benzene rings is 1. The molecule has 1 aromatic rings. The molecular formula is C16H23NO3. The lowest BCUT2D eigenvalue weighted by molar-refractivity contribution is -0.129. The van der Waals surface area contributed by atoms with E-state index in [1.54, 1.807) is 0 Å². The summed E-state index contributed by atoms with van der Waals surface area (Å²) >= 11 is 0. The number of aliphatic hydroxyl groups excluding tert-OH is 1. The zero-order valence-corrected chi connectivity index (χ0v) is 11.8. The van der Waals surface area contributed by atoms with E-state index >= 15 is 0 Å². The Kier molecular flexibility index (Phi) is 5.56. The van der Waals surface area contributed by atoms with Gasteiger partial charge in [0.25, 0.3) is 0 Å². The second kappa shape index (κ2) is 7.41. The van der Waals surface area contributed by atoms with Crippen molar-refractivity contribution in [3.05, 3.63) is 35.9 Å². The van der Waals surface area contributed by atoms with Crippen LogP contribution in [0.4, 0.5) is 0 Å². The third kappa shape index (κ3) is 4.32. The van der Waals surface area contributed by atoms with Crippen LogP contribution in [0.1, 0.15) is 37.7 Å². The van der Waals surface area contributed by atoms with Crippen LogP contribution in [0.5, 0.6) is 0 Å². The van der Waals surface area contributed by atoms with E-state index in [1.165, 1.54) is 6.42 Å². The molecule has 0 saturated heterocycles.